The molecule has 11 heteroatoms. The summed E-state index contributed by atoms with van der Waals surface area (Å²) >= 11 is 0. The summed E-state index contributed by atoms with van der Waals surface area (Å²) in [7, 11) is -3.54. The van der Waals surface area contributed by atoms with Crippen LogP contribution in [0.25, 0.3) is 11.4 Å². The molecule has 1 saturated heterocycles. The lowest BCUT2D eigenvalue weighted by atomic mass is 10.2. The summed E-state index contributed by atoms with van der Waals surface area (Å²) in [6.45, 7) is 3.26. The summed E-state index contributed by atoms with van der Waals surface area (Å²) < 4.78 is 35.5. The van der Waals surface area contributed by atoms with Crippen molar-refractivity contribution in [3.05, 3.63) is 66.4 Å². The van der Waals surface area contributed by atoms with Crippen LogP contribution in [0, 0.1) is 0 Å². The number of ether oxygens (including phenoxy) is 2. The summed E-state index contributed by atoms with van der Waals surface area (Å²) in [5.41, 5.74) is 1.51. The van der Waals surface area contributed by atoms with E-state index in [-0.39, 0.29) is 17.5 Å². The number of benzene rings is 2. The average Bonchev–Trinajstić information content (AvgIpc) is 2.85. The molecule has 36 heavy (non-hydrogen) atoms. The summed E-state index contributed by atoms with van der Waals surface area (Å²) in [6, 6.07) is 17.3. The topological polar surface area (TPSA) is 131 Å². The molecular formula is C25H28N4O6S. The van der Waals surface area contributed by atoms with Crippen molar-refractivity contribution in [2.75, 3.05) is 42.3 Å². The van der Waals surface area contributed by atoms with Crippen LogP contribution in [0.1, 0.15) is 12.6 Å². The molecule has 10 nitrogen and oxygen atoms in total. The lowest BCUT2D eigenvalue weighted by Crippen LogP contribution is -2.44. The van der Waals surface area contributed by atoms with Gasteiger partial charge in [-0.1, -0.05) is 18.2 Å². The number of carbonyl (C=O) groups is 1. The van der Waals surface area contributed by atoms with Crippen molar-refractivity contribution >= 4 is 27.4 Å². The first-order valence-corrected chi connectivity index (χ1v) is 13.3. The van der Waals surface area contributed by atoms with Gasteiger partial charge in [-0.2, -0.15) is 0 Å². The first-order chi connectivity index (χ1) is 17.3. The third kappa shape index (κ3) is 6.78. The summed E-state index contributed by atoms with van der Waals surface area (Å²) in [5.74, 6) is 0.754. The Morgan fingerprint density at radius 1 is 1.17 bits per heavy atom. The highest BCUT2D eigenvalue weighted by molar-refractivity contribution is 7.90. The van der Waals surface area contributed by atoms with Crippen molar-refractivity contribution in [3.63, 3.8) is 0 Å². The van der Waals surface area contributed by atoms with E-state index in [2.05, 4.69) is 15.2 Å². The Morgan fingerprint density at radius 2 is 1.92 bits per heavy atom. The molecule has 1 aliphatic rings. The maximum Gasteiger partial charge on any atom is 0.417 e. The van der Waals surface area contributed by atoms with Crippen LogP contribution in [0.4, 0.5) is 16.3 Å². The van der Waals surface area contributed by atoms with E-state index < -0.39 is 22.5 Å². The standard InChI is InChI=1S/C25H28N4O6S/c1-18-16-34-13-11-29(18)23-15-21(17-36(32,33)14-12-30)26-24(28-23)19-7-9-20(10-8-19)27-25(31)35-22-5-3-2-4-6-22/h2-10,15,18,30H,11-14,16-17H2,1H3,(H,27,31)/t18-/m0/s1. The molecule has 2 heterocycles. The van der Waals surface area contributed by atoms with Gasteiger partial charge in [-0.05, 0) is 43.3 Å². The van der Waals surface area contributed by atoms with Crippen molar-refractivity contribution in [1.29, 1.82) is 0 Å². The molecule has 1 amide bonds. The largest absolute Gasteiger partial charge is 0.417 e. The van der Waals surface area contributed by atoms with Gasteiger partial charge in [-0.15, -0.1) is 0 Å². The van der Waals surface area contributed by atoms with Gasteiger partial charge in [0.15, 0.2) is 15.7 Å². The predicted octanol–water partition coefficient (Wildman–Crippen LogP) is 2.89. The normalized spacial score (nSPS) is 15.9. The predicted molar refractivity (Wildman–Crippen MR) is 136 cm³/mol. The second-order valence-corrected chi connectivity index (χ2v) is 10.6. The number of morpholine rings is 1. The van der Waals surface area contributed by atoms with Gasteiger partial charge in [-0.25, -0.2) is 23.2 Å². The van der Waals surface area contributed by atoms with Crippen LogP contribution in [0.5, 0.6) is 5.75 Å². The third-order valence-corrected chi connectivity index (χ3v) is 7.08. The fourth-order valence-corrected chi connectivity index (χ4v) is 4.80. The van der Waals surface area contributed by atoms with Crippen molar-refractivity contribution in [1.82, 2.24) is 9.97 Å². The quantitative estimate of drug-likeness (QED) is 0.468. The van der Waals surface area contributed by atoms with Crippen molar-refractivity contribution < 1.29 is 27.8 Å². The highest BCUT2D eigenvalue weighted by Gasteiger charge is 2.23. The number of amides is 1. The lowest BCUT2D eigenvalue weighted by molar-refractivity contribution is 0.0985. The van der Waals surface area contributed by atoms with Crippen LogP contribution in [-0.4, -0.2) is 67.7 Å². The zero-order valence-electron chi connectivity index (χ0n) is 19.8. The van der Waals surface area contributed by atoms with E-state index in [1.165, 1.54) is 0 Å². The Balaban J connectivity index is 1.57. The van der Waals surface area contributed by atoms with Crippen LogP contribution in [-0.2, 0) is 20.3 Å². The number of nitrogens with one attached hydrogen (secondary N) is 1. The van der Waals surface area contributed by atoms with Crippen LogP contribution in [0.3, 0.4) is 0 Å². The molecule has 0 bridgehead atoms. The van der Waals surface area contributed by atoms with E-state index in [0.29, 0.717) is 54.1 Å². The van der Waals surface area contributed by atoms with Crippen molar-refractivity contribution in [3.8, 4) is 17.1 Å². The molecule has 0 saturated carbocycles. The molecule has 0 unspecified atom stereocenters. The van der Waals surface area contributed by atoms with Gasteiger partial charge >= 0.3 is 6.09 Å². The van der Waals surface area contributed by atoms with Gasteiger partial charge in [-0.3, -0.25) is 5.32 Å². The number of aliphatic hydroxyl groups excluding tert-OH is 1. The Morgan fingerprint density at radius 3 is 2.61 bits per heavy atom. The molecule has 190 valence electrons. The number of para-hydroxylation sites is 1. The van der Waals surface area contributed by atoms with E-state index in [9.17, 15) is 13.2 Å². The average molecular weight is 513 g/mol. The number of hydrogen-bond donors (Lipinski definition) is 2. The first kappa shape index (κ1) is 25.5. The number of sulfone groups is 1. The van der Waals surface area contributed by atoms with Gasteiger partial charge in [0.2, 0.25) is 0 Å². The summed E-state index contributed by atoms with van der Waals surface area (Å²) in [5, 5.41) is 11.8. The van der Waals surface area contributed by atoms with E-state index in [1.54, 1.807) is 54.6 Å². The fraction of sp³-hybridized carbons (Fsp3) is 0.320. The summed E-state index contributed by atoms with van der Waals surface area (Å²) in [4.78, 5) is 23.4. The lowest BCUT2D eigenvalue weighted by Gasteiger charge is -2.34. The second kappa shape index (κ2) is 11.5. The number of carbonyl (C=O) groups excluding carboxylic acids is 1. The molecule has 3 aromatic rings. The van der Waals surface area contributed by atoms with Gasteiger partial charge in [0.1, 0.15) is 11.6 Å². The molecule has 1 atom stereocenters. The molecule has 1 aliphatic heterocycles. The Hall–Kier alpha value is -3.54. The summed E-state index contributed by atoms with van der Waals surface area (Å²) in [6.07, 6.45) is -0.620. The highest BCUT2D eigenvalue weighted by atomic mass is 32.2. The van der Waals surface area contributed by atoms with Crippen LogP contribution >= 0.6 is 0 Å². The van der Waals surface area contributed by atoms with Crippen molar-refractivity contribution in [2.45, 2.75) is 18.7 Å². The number of aromatic nitrogens is 2. The SMILES string of the molecule is C[C@H]1COCCN1c1cc(CS(=O)(=O)CCO)nc(-c2ccc(NC(=O)Oc3ccccc3)cc2)n1. The maximum absolute atomic E-state index is 12.4. The molecule has 1 fully saturated rings. The van der Waals surface area contributed by atoms with E-state index >= 15 is 0 Å². The molecule has 2 aromatic carbocycles. The van der Waals surface area contributed by atoms with Crippen LogP contribution in [0.2, 0.25) is 0 Å². The van der Waals surface area contributed by atoms with Crippen LogP contribution in [0.15, 0.2) is 60.7 Å². The number of aliphatic hydroxyl groups is 1. The molecule has 1 aromatic heterocycles. The number of nitrogens with zero attached hydrogens (tertiary/aromatic N) is 3. The maximum atomic E-state index is 12.4. The molecule has 0 aliphatic carbocycles. The fourth-order valence-electron chi connectivity index (χ4n) is 3.78. The van der Waals surface area contributed by atoms with Gasteiger partial charge in [0.25, 0.3) is 0 Å². The van der Waals surface area contributed by atoms with E-state index in [0.717, 1.165) is 0 Å². The molecule has 0 spiro atoms. The highest BCUT2D eigenvalue weighted by Crippen LogP contribution is 2.25. The second-order valence-electron chi connectivity index (χ2n) is 8.38. The first-order valence-electron chi connectivity index (χ1n) is 11.5. The smallest absolute Gasteiger partial charge is 0.410 e. The number of hydrogen-bond acceptors (Lipinski definition) is 9. The van der Waals surface area contributed by atoms with Gasteiger partial charge in [0.05, 0.1) is 43.1 Å². The monoisotopic (exact) mass is 512 g/mol. The van der Waals surface area contributed by atoms with Gasteiger partial charge < -0.3 is 19.5 Å². The van der Waals surface area contributed by atoms with E-state index in [1.807, 2.05) is 13.0 Å². The number of rotatable bonds is 8. The Bertz CT molecular complexity index is 1290. The molecule has 0 radical (unpaired) electrons. The minimum atomic E-state index is -3.54. The minimum Gasteiger partial charge on any atom is -0.410 e. The zero-order chi connectivity index (χ0) is 25.5. The molecule has 4 rings (SSSR count). The minimum absolute atomic E-state index is 0.0607. The van der Waals surface area contributed by atoms with Crippen LogP contribution < -0.4 is 15.0 Å². The Kier molecular flexibility index (Phi) is 8.14. The third-order valence-electron chi connectivity index (χ3n) is 5.54. The van der Waals surface area contributed by atoms with Gasteiger partial charge in [0, 0.05) is 23.9 Å². The number of anilines is 2. The van der Waals surface area contributed by atoms with E-state index in [4.69, 9.17) is 19.6 Å². The van der Waals surface area contributed by atoms with Crippen molar-refractivity contribution in [2.24, 2.45) is 0 Å². The zero-order valence-corrected chi connectivity index (χ0v) is 20.6. The molecule has 2 N–H and O–H groups in total. The Labute approximate surface area is 209 Å². The molecular weight excluding hydrogens is 484 g/mol.